The molecule has 1 aromatic heterocycles. The number of aryl methyl sites for hydroxylation is 1. The average Bonchev–Trinajstić information content (AvgIpc) is 3.64. The van der Waals surface area contributed by atoms with Crippen LogP contribution in [0.2, 0.25) is 0 Å². The third-order valence-corrected chi connectivity index (χ3v) is 7.34. The summed E-state index contributed by atoms with van der Waals surface area (Å²) in [5.74, 6) is 0.455. The maximum atomic E-state index is 13.9. The summed E-state index contributed by atoms with van der Waals surface area (Å²) in [5.41, 5.74) is 0.477. The highest BCUT2D eigenvalue weighted by molar-refractivity contribution is 6.10. The Kier molecular flexibility index (Phi) is 7.54. The molecule has 6 rings (SSSR count). The number of para-hydroxylation sites is 1. The summed E-state index contributed by atoms with van der Waals surface area (Å²) < 4.78 is 41.6. The zero-order valence-electron chi connectivity index (χ0n) is 21.4. The molecule has 204 valence electrons. The van der Waals surface area contributed by atoms with Crippen molar-refractivity contribution in [3.05, 3.63) is 76.9 Å². The van der Waals surface area contributed by atoms with Crippen molar-refractivity contribution in [3.8, 4) is 6.19 Å². The number of aromatic amines is 1. The zero-order valence-corrected chi connectivity index (χ0v) is 21.4. The van der Waals surface area contributed by atoms with Crippen molar-refractivity contribution in [2.45, 2.75) is 44.7 Å². The molecule has 0 radical (unpaired) electrons. The first-order chi connectivity index (χ1) is 18.7. The second-order valence-corrected chi connectivity index (χ2v) is 9.99. The number of rotatable bonds is 5. The quantitative estimate of drug-likeness (QED) is 0.481. The highest BCUT2D eigenvalue weighted by atomic mass is 19.4. The van der Waals surface area contributed by atoms with Crippen molar-refractivity contribution in [3.63, 3.8) is 0 Å². The number of benzene rings is 2. The largest absolute Gasteiger partial charge is 0.416 e. The number of nitrogens with one attached hydrogen (secondary N) is 2. The van der Waals surface area contributed by atoms with E-state index in [0.717, 1.165) is 38.4 Å². The first kappa shape index (κ1) is 26.6. The number of H-pyrrole nitrogens is 1. The number of fused-ring (bicyclic) bond motifs is 1. The first-order valence-corrected chi connectivity index (χ1v) is 12.8. The molecule has 3 aromatic rings. The first-order valence-electron chi connectivity index (χ1n) is 12.8. The van der Waals surface area contributed by atoms with E-state index in [1.54, 1.807) is 41.3 Å². The van der Waals surface area contributed by atoms with Gasteiger partial charge < -0.3 is 15.1 Å². The van der Waals surface area contributed by atoms with E-state index in [-0.39, 0.29) is 30.3 Å². The van der Waals surface area contributed by atoms with Crippen LogP contribution in [0.3, 0.4) is 0 Å². The number of aromatic nitrogens is 3. The number of hydrogen-bond acceptors (Lipinski definition) is 7. The fourth-order valence-electron chi connectivity index (χ4n) is 5.24. The fourth-order valence-corrected chi connectivity index (χ4v) is 5.24. The minimum Gasteiger partial charge on any atom is -0.309 e. The molecule has 0 bridgehead atoms. The molecule has 2 N–H and O–H groups in total. The van der Waals surface area contributed by atoms with Crippen LogP contribution in [0.5, 0.6) is 0 Å². The monoisotopic (exact) mass is 538 g/mol. The SMILES string of the molecule is Cc1ncn[nH]1.N#CN1CCC(N2CC(NCc3cc4c(c(C(F)(F)F)c3)CN(c3ccccc3)C4=O)C2)C1. The van der Waals surface area contributed by atoms with Crippen LogP contribution in [0.25, 0.3) is 0 Å². The maximum absolute atomic E-state index is 13.9. The summed E-state index contributed by atoms with van der Waals surface area (Å²) in [7, 11) is 0. The molecule has 39 heavy (non-hydrogen) atoms. The van der Waals surface area contributed by atoms with Crippen molar-refractivity contribution < 1.29 is 18.0 Å². The Morgan fingerprint density at radius 1 is 1.18 bits per heavy atom. The number of nitriles is 1. The lowest BCUT2D eigenvalue weighted by molar-refractivity contribution is -0.138. The molecule has 1 atom stereocenters. The van der Waals surface area contributed by atoms with Crippen molar-refractivity contribution in [2.75, 3.05) is 31.1 Å². The Morgan fingerprint density at radius 2 is 1.95 bits per heavy atom. The molecule has 1 amide bonds. The number of anilines is 1. The van der Waals surface area contributed by atoms with Gasteiger partial charge in [0.15, 0.2) is 6.19 Å². The second kappa shape index (κ2) is 11.0. The molecular weight excluding hydrogens is 509 g/mol. The highest BCUT2D eigenvalue weighted by Crippen LogP contribution is 2.39. The number of likely N-dealkylation sites (tertiary alicyclic amines) is 2. The van der Waals surface area contributed by atoms with Gasteiger partial charge in [0.1, 0.15) is 12.2 Å². The van der Waals surface area contributed by atoms with Crippen LogP contribution in [-0.2, 0) is 19.3 Å². The lowest BCUT2D eigenvalue weighted by Crippen LogP contribution is -2.61. The molecule has 4 heterocycles. The van der Waals surface area contributed by atoms with E-state index in [1.807, 2.05) is 6.92 Å². The summed E-state index contributed by atoms with van der Waals surface area (Å²) in [4.78, 5) is 22.2. The lowest BCUT2D eigenvalue weighted by Gasteiger charge is -2.43. The summed E-state index contributed by atoms with van der Waals surface area (Å²) >= 11 is 0. The van der Waals surface area contributed by atoms with Crippen molar-refractivity contribution in [2.24, 2.45) is 0 Å². The van der Waals surface area contributed by atoms with Crippen LogP contribution in [0.15, 0.2) is 48.8 Å². The molecule has 0 saturated carbocycles. The Labute approximate surface area is 224 Å². The minimum atomic E-state index is -4.53. The van der Waals surface area contributed by atoms with Gasteiger partial charge in [-0.1, -0.05) is 18.2 Å². The minimum absolute atomic E-state index is 0.0400. The summed E-state index contributed by atoms with van der Waals surface area (Å²) in [6.45, 7) is 5.17. The molecule has 1 unspecified atom stereocenters. The molecule has 0 aliphatic carbocycles. The summed E-state index contributed by atoms with van der Waals surface area (Å²) in [6.07, 6.45) is 0.0855. The molecule has 0 spiro atoms. The Bertz CT molecular complexity index is 1330. The summed E-state index contributed by atoms with van der Waals surface area (Å²) in [6, 6.07) is 12.1. The van der Waals surface area contributed by atoms with E-state index in [0.29, 0.717) is 17.3 Å². The van der Waals surface area contributed by atoms with Gasteiger partial charge in [0, 0.05) is 56.1 Å². The van der Waals surface area contributed by atoms with Gasteiger partial charge in [0.2, 0.25) is 0 Å². The highest BCUT2D eigenvalue weighted by Gasteiger charge is 2.41. The second-order valence-electron chi connectivity index (χ2n) is 9.99. The number of nitrogens with zero attached hydrogens (tertiary/aromatic N) is 6. The maximum Gasteiger partial charge on any atom is 0.416 e. The normalized spacial score (nSPS) is 19.4. The molecule has 2 fully saturated rings. The van der Waals surface area contributed by atoms with E-state index >= 15 is 0 Å². The number of hydrogen-bond donors (Lipinski definition) is 2. The molecule has 2 saturated heterocycles. The Hall–Kier alpha value is -3.95. The van der Waals surface area contributed by atoms with E-state index in [9.17, 15) is 18.0 Å². The Balaban J connectivity index is 0.000000455. The third kappa shape index (κ3) is 5.89. The van der Waals surface area contributed by atoms with Crippen LogP contribution >= 0.6 is 0 Å². The predicted molar refractivity (Wildman–Crippen MR) is 137 cm³/mol. The molecule has 3 aliphatic heterocycles. The van der Waals surface area contributed by atoms with Crippen molar-refractivity contribution in [1.29, 1.82) is 5.26 Å². The Morgan fingerprint density at radius 3 is 2.54 bits per heavy atom. The summed E-state index contributed by atoms with van der Waals surface area (Å²) in [5, 5.41) is 18.6. The zero-order chi connectivity index (χ0) is 27.6. The van der Waals surface area contributed by atoms with Crippen LogP contribution in [0, 0.1) is 18.4 Å². The van der Waals surface area contributed by atoms with Gasteiger partial charge in [-0.25, -0.2) is 4.98 Å². The third-order valence-electron chi connectivity index (χ3n) is 7.34. The van der Waals surface area contributed by atoms with Gasteiger partial charge >= 0.3 is 6.18 Å². The van der Waals surface area contributed by atoms with Gasteiger partial charge in [0.25, 0.3) is 5.91 Å². The van der Waals surface area contributed by atoms with Crippen LogP contribution < -0.4 is 10.2 Å². The van der Waals surface area contributed by atoms with E-state index < -0.39 is 17.6 Å². The van der Waals surface area contributed by atoms with Gasteiger partial charge in [0.05, 0.1) is 12.1 Å². The number of amides is 1. The van der Waals surface area contributed by atoms with Gasteiger partial charge in [-0.15, -0.1) is 0 Å². The fraction of sp³-hybridized carbons (Fsp3) is 0.407. The van der Waals surface area contributed by atoms with Crippen molar-refractivity contribution >= 4 is 11.6 Å². The predicted octanol–water partition coefficient (Wildman–Crippen LogP) is 3.31. The molecule has 2 aromatic carbocycles. The van der Waals surface area contributed by atoms with E-state index in [4.69, 9.17) is 5.26 Å². The lowest BCUT2D eigenvalue weighted by atomic mass is 9.98. The van der Waals surface area contributed by atoms with Crippen LogP contribution in [-0.4, -0.2) is 69.2 Å². The topological polar surface area (TPSA) is 104 Å². The van der Waals surface area contributed by atoms with Crippen LogP contribution in [0.1, 0.15) is 39.3 Å². The van der Waals surface area contributed by atoms with Gasteiger partial charge in [-0.3, -0.25) is 14.8 Å². The smallest absolute Gasteiger partial charge is 0.309 e. The number of alkyl halides is 3. The number of carbonyl (C=O) groups excluding carboxylic acids is 1. The van der Waals surface area contributed by atoms with Crippen molar-refractivity contribution in [1.82, 2.24) is 30.3 Å². The van der Waals surface area contributed by atoms with Gasteiger partial charge in [-0.05, 0) is 48.7 Å². The van der Waals surface area contributed by atoms with E-state index in [1.165, 1.54) is 17.3 Å². The van der Waals surface area contributed by atoms with Crippen LogP contribution in [0.4, 0.5) is 18.9 Å². The number of halogens is 3. The average molecular weight is 539 g/mol. The molecule has 9 nitrogen and oxygen atoms in total. The molecule has 12 heteroatoms. The standard InChI is InChI=1S/C24H24F3N5O.C3H5N3/c25-24(26,27)22-9-16(10-29-17-11-31(12-17)19-6-7-30(13-19)15-28)8-20-21(22)14-32(23(20)33)18-4-2-1-3-5-18;1-3-4-2-5-6-3/h1-5,8-9,17,19,29H,6-7,10-14H2;2H,1H3,(H,4,5,6). The number of carbonyl (C=O) groups is 1. The van der Waals surface area contributed by atoms with E-state index in [2.05, 4.69) is 31.6 Å². The molecule has 3 aliphatic rings. The van der Waals surface area contributed by atoms with Gasteiger partial charge in [-0.2, -0.15) is 23.5 Å². The molecular formula is C27H29F3N8O.